The molecule has 0 amide bonds. The van der Waals surface area contributed by atoms with E-state index >= 15 is 0 Å². The first-order valence-corrected chi connectivity index (χ1v) is 17.9. The van der Waals surface area contributed by atoms with E-state index in [1.807, 2.05) is 60.7 Å². The minimum absolute atomic E-state index is 0.298. The van der Waals surface area contributed by atoms with Gasteiger partial charge in [-0.3, -0.25) is 0 Å². The molecule has 7 rings (SSSR count). The van der Waals surface area contributed by atoms with E-state index in [9.17, 15) is 0 Å². The van der Waals surface area contributed by atoms with Crippen LogP contribution < -0.4 is 18.9 Å². The monoisotopic (exact) mass is 700 g/mol. The zero-order valence-electron chi connectivity index (χ0n) is 29.3. The SMILES string of the molecule is c1ccc(OCc2cc3ccccc3c3c2OCCOCCOCCOCCOCCOc2c(COc4ccccc4)cc4ccccc4c2-3)cc1. The van der Waals surface area contributed by atoms with Crippen molar-refractivity contribution in [1.82, 2.24) is 0 Å². The molecular formula is C44H44O8. The van der Waals surface area contributed by atoms with Gasteiger partial charge in [0.15, 0.2) is 0 Å². The van der Waals surface area contributed by atoms with Gasteiger partial charge in [-0.25, -0.2) is 0 Å². The average Bonchev–Trinajstić information content (AvgIpc) is 3.19. The molecule has 1 aliphatic rings. The molecule has 1 aliphatic heterocycles. The Labute approximate surface area is 304 Å². The van der Waals surface area contributed by atoms with Crippen LogP contribution in [-0.2, 0) is 32.2 Å². The van der Waals surface area contributed by atoms with Gasteiger partial charge in [-0.05, 0) is 57.9 Å². The molecule has 6 aromatic carbocycles. The summed E-state index contributed by atoms with van der Waals surface area (Å²) in [6.07, 6.45) is 0. The van der Waals surface area contributed by atoms with Gasteiger partial charge in [0.25, 0.3) is 0 Å². The number of fused-ring (bicyclic) bond motifs is 7. The Bertz CT molecular complexity index is 1870. The maximum atomic E-state index is 6.79. The molecule has 0 N–H and O–H groups in total. The van der Waals surface area contributed by atoms with Crippen molar-refractivity contribution in [2.24, 2.45) is 0 Å². The molecule has 8 heteroatoms. The first-order chi connectivity index (χ1) is 25.8. The summed E-state index contributed by atoms with van der Waals surface area (Å²) in [4.78, 5) is 0. The Balaban J connectivity index is 1.39. The van der Waals surface area contributed by atoms with E-state index in [2.05, 4.69) is 60.7 Å². The molecule has 0 atom stereocenters. The van der Waals surface area contributed by atoms with Crippen molar-refractivity contribution in [2.45, 2.75) is 13.2 Å². The summed E-state index contributed by atoms with van der Waals surface area (Å²) >= 11 is 0. The Hall–Kier alpha value is -5.12. The summed E-state index contributed by atoms with van der Waals surface area (Å²) in [5.74, 6) is 2.99. The summed E-state index contributed by atoms with van der Waals surface area (Å²) in [5.41, 5.74) is 3.66. The van der Waals surface area contributed by atoms with Crippen LogP contribution in [0.25, 0.3) is 32.7 Å². The lowest BCUT2D eigenvalue weighted by atomic mass is 9.88. The summed E-state index contributed by atoms with van der Waals surface area (Å²) in [5, 5.41) is 4.18. The Morgan fingerprint density at radius 1 is 0.385 bits per heavy atom. The summed E-state index contributed by atoms with van der Waals surface area (Å²) in [6, 6.07) is 40.8. The van der Waals surface area contributed by atoms with Gasteiger partial charge in [0.1, 0.15) is 49.4 Å². The highest BCUT2D eigenvalue weighted by Crippen LogP contribution is 2.49. The van der Waals surface area contributed by atoms with Crippen LogP contribution in [0.1, 0.15) is 11.1 Å². The highest BCUT2D eigenvalue weighted by Gasteiger charge is 2.25. The Morgan fingerprint density at radius 2 is 0.731 bits per heavy atom. The number of benzene rings is 6. The second kappa shape index (κ2) is 18.4. The van der Waals surface area contributed by atoms with Crippen LogP contribution in [0, 0.1) is 0 Å². The number of hydrogen-bond donors (Lipinski definition) is 0. The van der Waals surface area contributed by atoms with Crippen molar-refractivity contribution in [2.75, 3.05) is 66.1 Å². The third-order valence-corrected chi connectivity index (χ3v) is 8.75. The van der Waals surface area contributed by atoms with Gasteiger partial charge in [-0.15, -0.1) is 0 Å². The van der Waals surface area contributed by atoms with Gasteiger partial charge < -0.3 is 37.9 Å². The van der Waals surface area contributed by atoms with Crippen molar-refractivity contribution >= 4 is 21.5 Å². The Kier molecular flexibility index (Phi) is 12.5. The quantitative estimate of drug-likeness (QED) is 0.171. The average molecular weight is 701 g/mol. The zero-order valence-corrected chi connectivity index (χ0v) is 29.3. The molecule has 0 aromatic heterocycles. The van der Waals surface area contributed by atoms with Gasteiger partial charge >= 0.3 is 0 Å². The van der Waals surface area contributed by atoms with E-state index in [0.29, 0.717) is 90.8 Å². The molecule has 1 heterocycles. The number of ether oxygens (including phenoxy) is 8. The number of rotatable bonds is 6. The second-order valence-corrected chi connectivity index (χ2v) is 12.3. The molecule has 0 radical (unpaired) electrons. The topological polar surface area (TPSA) is 73.8 Å². The fourth-order valence-corrected chi connectivity index (χ4v) is 6.34. The summed E-state index contributed by atoms with van der Waals surface area (Å²) < 4.78 is 49.6. The Morgan fingerprint density at radius 3 is 1.13 bits per heavy atom. The van der Waals surface area contributed by atoms with E-state index in [-0.39, 0.29) is 0 Å². The summed E-state index contributed by atoms with van der Waals surface area (Å²) in [6.45, 7) is 4.86. The predicted octanol–water partition coefficient (Wildman–Crippen LogP) is 8.66. The normalized spacial score (nSPS) is 15.1. The predicted molar refractivity (Wildman–Crippen MR) is 203 cm³/mol. The van der Waals surface area contributed by atoms with Crippen LogP contribution in [0.3, 0.4) is 0 Å². The van der Waals surface area contributed by atoms with E-state index in [1.165, 1.54) is 0 Å². The van der Waals surface area contributed by atoms with Crippen molar-refractivity contribution in [3.63, 3.8) is 0 Å². The van der Waals surface area contributed by atoms with Crippen LogP contribution in [-0.4, -0.2) is 66.1 Å². The first kappa shape index (κ1) is 35.3. The van der Waals surface area contributed by atoms with Crippen molar-refractivity contribution in [3.8, 4) is 34.1 Å². The second-order valence-electron chi connectivity index (χ2n) is 12.3. The molecule has 0 saturated heterocycles. The molecule has 6 aromatic rings. The maximum Gasteiger partial charge on any atom is 0.134 e. The van der Waals surface area contributed by atoms with Gasteiger partial charge in [0.2, 0.25) is 0 Å². The lowest BCUT2D eigenvalue weighted by Gasteiger charge is -2.24. The maximum absolute atomic E-state index is 6.79. The third-order valence-electron chi connectivity index (χ3n) is 8.75. The fourth-order valence-electron chi connectivity index (χ4n) is 6.34. The van der Waals surface area contributed by atoms with Gasteiger partial charge in [-0.2, -0.15) is 0 Å². The third kappa shape index (κ3) is 9.02. The van der Waals surface area contributed by atoms with Crippen molar-refractivity contribution in [1.29, 1.82) is 0 Å². The molecule has 0 bridgehead atoms. The first-order valence-electron chi connectivity index (χ1n) is 17.9. The lowest BCUT2D eigenvalue weighted by Crippen LogP contribution is -2.16. The van der Waals surface area contributed by atoms with Gasteiger partial charge in [0.05, 0.1) is 52.9 Å². The van der Waals surface area contributed by atoms with Crippen LogP contribution in [0.2, 0.25) is 0 Å². The molecule has 0 saturated carbocycles. The van der Waals surface area contributed by atoms with Crippen LogP contribution >= 0.6 is 0 Å². The van der Waals surface area contributed by atoms with Crippen molar-refractivity contribution in [3.05, 3.63) is 132 Å². The van der Waals surface area contributed by atoms with Crippen LogP contribution in [0.15, 0.2) is 121 Å². The van der Waals surface area contributed by atoms with E-state index in [4.69, 9.17) is 37.9 Å². The molecule has 8 nitrogen and oxygen atoms in total. The molecule has 0 fully saturated rings. The molecule has 0 spiro atoms. The molecular weight excluding hydrogens is 656 g/mol. The highest BCUT2D eigenvalue weighted by molar-refractivity contribution is 6.10. The minimum atomic E-state index is 0.298. The molecule has 0 aliphatic carbocycles. The van der Waals surface area contributed by atoms with Gasteiger partial charge in [0, 0.05) is 22.3 Å². The number of hydrogen-bond acceptors (Lipinski definition) is 8. The summed E-state index contributed by atoms with van der Waals surface area (Å²) in [7, 11) is 0. The van der Waals surface area contributed by atoms with E-state index in [0.717, 1.165) is 55.3 Å². The standard InChI is InChI=1S/C44H44O8/c1-3-13-37(14-4-1)51-31-35-29-33-11-7-9-17-39(33)41-42-40-18-10-8-12-34(40)30-36(32-52-38-15-5-2-6-16-38)44(42)50-28-26-48-24-22-46-20-19-45-21-23-47-25-27-49-43(35)41/h1-18,29-30H,19-28,31-32H2. The molecule has 0 unspecified atom stereocenters. The van der Waals surface area contributed by atoms with Crippen LogP contribution in [0.4, 0.5) is 0 Å². The fraction of sp³-hybridized carbons (Fsp3) is 0.273. The molecule has 268 valence electrons. The smallest absolute Gasteiger partial charge is 0.134 e. The van der Waals surface area contributed by atoms with Gasteiger partial charge in [-0.1, -0.05) is 84.9 Å². The minimum Gasteiger partial charge on any atom is -0.490 e. The molecule has 52 heavy (non-hydrogen) atoms. The van der Waals surface area contributed by atoms with Crippen LogP contribution in [0.5, 0.6) is 23.0 Å². The lowest BCUT2D eigenvalue weighted by molar-refractivity contribution is -0.00712. The largest absolute Gasteiger partial charge is 0.490 e. The number of para-hydroxylation sites is 2. The van der Waals surface area contributed by atoms with Crippen molar-refractivity contribution < 1.29 is 37.9 Å². The highest BCUT2D eigenvalue weighted by atomic mass is 16.6. The van der Waals surface area contributed by atoms with E-state index < -0.39 is 0 Å². The zero-order chi connectivity index (χ0) is 35.2. The van der Waals surface area contributed by atoms with E-state index in [1.54, 1.807) is 0 Å².